The Morgan fingerprint density at radius 1 is 1.32 bits per heavy atom. The van der Waals surface area contributed by atoms with Gasteiger partial charge in [0.1, 0.15) is 11.9 Å². The van der Waals surface area contributed by atoms with E-state index in [1.807, 2.05) is 0 Å². The van der Waals surface area contributed by atoms with Gasteiger partial charge >= 0.3 is 5.76 Å². The molecule has 3 aromatic rings. The first-order chi connectivity index (χ1) is 12.0. The lowest BCUT2D eigenvalue weighted by Gasteiger charge is -2.13. The maximum absolute atomic E-state index is 13.2. The van der Waals surface area contributed by atoms with E-state index in [9.17, 15) is 14.0 Å². The van der Waals surface area contributed by atoms with Crippen molar-refractivity contribution < 1.29 is 13.6 Å². The number of hydrogen-bond donors (Lipinski definition) is 1. The first-order valence-corrected chi connectivity index (χ1v) is 8.58. The fourth-order valence-electron chi connectivity index (χ4n) is 2.64. The molecular weight excluding hydrogens is 391 g/mol. The molecule has 1 amide bonds. The maximum atomic E-state index is 13.2. The molecule has 3 rings (SSSR count). The minimum Gasteiger partial charge on any atom is -0.408 e. The zero-order valence-electron chi connectivity index (χ0n) is 13.5. The second-order valence-corrected chi connectivity index (χ2v) is 6.53. The predicted molar refractivity (Wildman–Crippen MR) is 96.0 cm³/mol. The first-order valence-electron chi connectivity index (χ1n) is 7.79. The Morgan fingerprint density at radius 2 is 2.08 bits per heavy atom. The minimum atomic E-state index is -0.698. The molecule has 0 radical (unpaired) electrons. The van der Waals surface area contributed by atoms with Crippen LogP contribution in [0, 0.1) is 5.82 Å². The van der Waals surface area contributed by atoms with Crippen molar-refractivity contribution in [2.24, 2.45) is 0 Å². The van der Waals surface area contributed by atoms with Gasteiger partial charge in [0.15, 0.2) is 5.58 Å². The van der Waals surface area contributed by atoms with E-state index in [-0.39, 0.29) is 11.7 Å². The molecule has 0 aliphatic rings. The van der Waals surface area contributed by atoms with Crippen molar-refractivity contribution in [1.82, 2.24) is 9.88 Å². The molecule has 25 heavy (non-hydrogen) atoms. The molecule has 0 saturated carbocycles. The number of hydrogen-bond acceptors (Lipinski definition) is 3. The monoisotopic (exact) mass is 406 g/mol. The zero-order valence-corrected chi connectivity index (χ0v) is 15.0. The molecule has 0 aliphatic heterocycles. The van der Waals surface area contributed by atoms with Gasteiger partial charge in [0, 0.05) is 6.54 Å². The van der Waals surface area contributed by atoms with E-state index in [0.29, 0.717) is 28.5 Å². The van der Waals surface area contributed by atoms with E-state index in [4.69, 9.17) is 4.42 Å². The van der Waals surface area contributed by atoms with Gasteiger partial charge < -0.3 is 9.73 Å². The van der Waals surface area contributed by atoms with E-state index < -0.39 is 11.8 Å². The summed E-state index contributed by atoms with van der Waals surface area (Å²) in [5.74, 6) is -1.17. The summed E-state index contributed by atoms with van der Waals surface area (Å²) in [6, 6.07) is 11.0. The van der Waals surface area contributed by atoms with Crippen LogP contribution < -0.4 is 11.1 Å². The largest absolute Gasteiger partial charge is 0.420 e. The molecule has 1 aromatic heterocycles. The van der Waals surface area contributed by atoms with Gasteiger partial charge in [-0.3, -0.25) is 9.36 Å². The van der Waals surface area contributed by atoms with Crippen LogP contribution in [0.1, 0.15) is 18.5 Å². The van der Waals surface area contributed by atoms with Crippen molar-refractivity contribution in [3.05, 3.63) is 68.9 Å². The number of amides is 1. The Hall–Kier alpha value is -2.41. The minimum absolute atomic E-state index is 0.283. The zero-order chi connectivity index (χ0) is 18.0. The highest BCUT2D eigenvalue weighted by Gasteiger charge is 2.20. The summed E-state index contributed by atoms with van der Waals surface area (Å²) in [5, 5.41) is 2.80. The second kappa shape index (κ2) is 7.23. The molecule has 7 heteroatoms. The lowest BCUT2D eigenvalue weighted by molar-refractivity contribution is -0.123. The van der Waals surface area contributed by atoms with Crippen molar-refractivity contribution in [1.29, 1.82) is 0 Å². The number of nitrogens with one attached hydrogen (secondary N) is 1. The van der Waals surface area contributed by atoms with Crippen molar-refractivity contribution in [3.8, 4) is 0 Å². The number of aromatic nitrogens is 1. The second-order valence-electron chi connectivity index (χ2n) is 5.67. The number of oxazole rings is 1. The van der Waals surface area contributed by atoms with E-state index in [1.54, 1.807) is 43.3 Å². The van der Waals surface area contributed by atoms with E-state index in [0.717, 1.165) is 5.56 Å². The molecule has 0 fully saturated rings. The van der Waals surface area contributed by atoms with E-state index in [2.05, 4.69) is 21.2 Å². The normalized spacial score (nSPS) is 12.3. The molecule has 1 heterocycles. The number of nitrogens with zero attached hydrogens (tertiary/aromatic N) is 1. The van der Waals surface area contributed by atoms with Gasteiger partial charge in [0.05, 0.1) is 9.99 Å². The number of halogens is 2. The highest BCUT2D eigenvalue weighted by Crippen LogP contribution is 2.18. The number of carbonyl (C=O) groups is 1. The highest BCUT2D eigenvalue weighted by molar-refractivity contribution is 9.10. The molecule has 5 nitrogen and oxygen atoms in total. The van der Waals surface area contributed by atoms with Crippen molar-refractivity contribution in [3.63, 3.8) is 0 Å². The Kier molecular flexibility index (Phi) is 5.03. The predicted octanol–water partition coefficient (Wildman–Crippen LogP) is 3.42. The first kappa shape index (κ1) is 17.4. The van der Waals surface area contributed by atoms with E-state index in [1.165, 1.54) is 10.6 Å². The Morgan fingerprint density at radius 3 is 2.84 bits per heavy atom. The molecule has 1 unspecified atom stereocenters. The summed E-state index contributed by atoms with van der Waals surface area (Å²) < 4.78 is 20.1. The molecule has 2 aromatic carbocycles. The van der Waals surface area contributed by atoms with Crippen LogP contribution in [-0.4, -0.2) is 17.0 Å². The van der Waals surface area contributed by atoms with Crippen LogP contribution in [0.15, 0.2) is 56.1 Å². The van der Waals surface area contributed by atoms with Gasteiger partial charge in [0.25, 0.3) is 0 Å². The lowest BCUT2D eigenvalue weighted by Crippen LogP contribution is -2.35. The number of rotatable bonds is 5. The van der Waals surface area contributed by atoms with Gasteiger partial charge in [-0.25, -0.2) is 9.18 Å². The average Bonchev–Trinajstić information content (AvgIpc) is 2.93. The van der Waals surface area contributed by atoms with Gasteiger partial charge in [-0.2, -0.15) is 0 Å². The van der Waals surface area contributed by atoms with Crippen LogP contribution in [0.4, 0.5) is 4.39 Å². The van der Waals surface area contributed by atoms with E-state index >= 15 is 0 Å². The maximum Gasteiger partial charge on any atom is 0.420 e. The number of para-hydroxylation sites is 2. The number of carbonyl (C=O) groups excluding carboxylic acids is 1. The molecule has 0 bridgehead atoms. The third-order valence-corrected chi connectivity index (χ3v) is 4.59. The molecule has 0 aliphatic carbocycles. The fraction of sp³-hybridized carbons (Fsp3) is 0.222. The summed E-state index contributed by atoms with van der Waals surface area (Å²) in [4.78, 5) is 24.4. The smallest absolute Gasteiger partial charge is 0.408 e. The average molecular weight is 407 g/mol. The Balaban J connectivity index is 1.67. The van der Waals surface area contributed by atoms with Crippen LogP contribution >= 0.6 is 15.9 Å². The van der Waals surface area contributed by atoms with Gasteiger partial charge in [-0.1, -0.05) is 18.2 Å². The molecule has 1 atom stereocenters. The fourth-order valence-corrected chi connectivity index (χ4v) is 3.07. The molecule has 0 spiro atoms. The van der Waals surface area contributed by atoms with Crippen LogP contribution in [0.25, 0.3) is 11.1 Å². The third-order valence-electron chi connectivity index (χ3n) is 3.98. The molecule has 0 saturated heterocycles. The van der Waals surface area contributed by atoms with Gasteiger partial charge in [-0.15, -0.1) is 0 Å². The highest BCUT2D eigenvalue weighted by atomic mass is 79.9. The molecule has 130 valence electrons. The SMILES string of the molecule is CC(C(=O)NCCc1ccc(F)c(Br)c1)n1c(=O)oc2ccccc21. The third kappa shape index (κ3) is 3.66. The summed E-state index contributed by atoms with van der Waals surface area (Å²) in [6.45, 7) is 2.03. The van der Waals surface area contributed by atoms with Crippen LogP contribution in [0.2, 0.25) is 0 Å². The molecule has 1 N–H and O–H groups in total. The van der Waals surface area contributed by atoms with Crippen LogP contribution in [0.3, 0.4) is 0 Å². The van der Waals surface area contributed by atoms with Crippen LogP contribution in [0.5, 0.6) is 0 Å². The lowest BCUT2D eigenvalue weighted by atomic mass is 10.1. The Labute approximate surface area is 151 Å². The van der Waals surface area contributed by atoms with Crippen molar-refractivity contribution >= 4 is 32.9 Å². The summed E-state index contributed by atoms with van der Waals surface area (Å²) in [7, 11) is 0. The van der Waals surface area contributed by atoms with Gasteiger partial charge in [-0.05, 0) is 59.1 Å². The summed E-state index contributed by atoms with van der Waals surface area (Å²) >= 11 is 3.14. The van der Waals surface area contributed by atoms with Gasteiger partial charge in [0.2, 0.25) is 5.91 Å². The Bertz CT molecular complexity index is 980. The summed E-state index contributed by atoms with van der Waals surface area (Å²) in [6.07, 6.45) is 0.554. The van der Waals surface area contributed by atoms with Crippen LogP contribution in [-0.2, 0) is 11.2 Å². The van der Waals surface area contributed by atoms with Crippen molar-refractivity contribution in [2.45, 2.75) is 19.4 Å². The van der Waals surface area contributed by atoms with Crippen molar-refractivity contribution in [2.75, 3.05) is 6.54 Å². The number of benzene rings is 2. The standard InChI is InChI=1S/C18H16BrFN2O3/c1-11(22-15-4-2-3-5-16(15)25-18(22)24)17(23)21-9-8-12-6-7-14(20)13(19)10-12/h2-7,10-11H,8-9H2,1H3,(H,21,23). The number of fused-ring (bicyclic) bond motifs is 1. The topological polar surface area (TPSA) is 64.2 Å². The summed E-state index contributed by atoms with van der Waals surface area (Å²) in [5.41, 5.74) is 1.92. The molecular formula is C18H16BrFN2O3. The quantitative estimate of drug-likeness (QED) is 0.705.